The summed E-state index contributed by atoms with van der Waals surface area (Å²) in [4.78, 5) is 0. The maximum absolute atomic E-state index is 6.28. The Morgan fingerprint density at radius 2 is 2.07 bits per heavy atom. The standard InChI is InChI=1S/C13H23ClO/c1-13(2)9-8-11(15-13)4-3-5-12(14)10-6-7-10/h10-12H,3-9H2,1-2H3. The van der Waals surface area contributed by atoms with Crippen molar-refractivity contribution in [2.75, 3.05) is 0 Å². The lowest BCUT2D eigenvalue weighted by Crippen LogP contribution is -2.20. The number of hydrogen-bond donors (Lipinski definition) is 0. The van der Waals surface area contributed by atoms with Crippen molar-refractivity contribution in [3.63, 3.8) is 0 Å². The van der Waals surface area contributed by atoms with Crippen molar-refractivity contribution in [1.82, 2.24) is 0 Å². The summed E-state index contributed by atoms with van der Waals surface area (Å²) in [5.74, 6) is 0.840. The van der Waals surface area contributed by atoms with Gasteiger partial charge in [-0.05, 0) is 64.7 Å². The molecule has 1 nitrogen and oxygen atoms in total. The monoisotopic (exact) mass is 230 g/mol. The van der Waals surface area contributed by atoms with Gasteiger partial charge in [0.1, 0.15) is 0 Å². The van der Waals surface area contributed by atoms with Crippen LogP contribution in [-0.4, -0.2) is 17.1 Å². The number of halogens is 1. The second kappa shape index (κ2) is 4.63. The zero-order valence-corrected chi connectivity index (χ0v) is 10.7. The van der Waals surface area contributed by atoms with Gasteiger partial charge < -0.3 is 4.74 Å². The molecule has 0 aromatic heterocycles. The van der Waals surface area contributed by atoms with Gasteiger partial charge in [0, 0.05) is 5.38 Å². The predicted molar refractivity (Wildman–Crippen MR) is 64.4 cm³/mol. The van der Waals surface area contributed by atoms with E-state index in [2.05, 4.69) is 13.8 Å². The first kappa shape index (κ1) is 11.7. The first-order valence-electron chi connectivity index (χ1n) is 6.39. The van der Waals surface area contributed by atoms with Gasteiger partial charge in [-0.2, -0.15) is 0 Å². The fourth-order valence-electron chi connectivity index (χ4n) is 2.52. The molecule has 2 heteroatoms. The Morgan fingerprint density at radius 1 is 1.33 bits per heavy atom. The molecule has 0 aromatic carbocycles. The highest BCUT2D eigenvalue weighted by atomic mass is 35.5. The Morgan fingerprint density at radius 3 is 2.60 bits per heavy atom. The first-order chi connectivity index (χ1) is 7.07. The Kier molecular flexibility index (Phi) is 3.62. The van der Waals surface area contributed by atoms with Crippen LogP contribution in [0.15, 0.2) is 0 Å². The third-order valence-electron chi connectivity index (χ3n) is 3.69. The van der Waals surface area contributed by atoms with Gasteiger partial charge in [-0.25, -0.2) is 0 Å². The van der Waals surface area contributed by atoms with Crippen molar-refractivity contribution in [2.45, 2.75) is 75.9 Å². The Labute approximate surface area is 98.5 Å². The normalized spacial score (nSPS) is 31.8. The van der Waals surface area contributed by atoms with E-state index in [0.29, 0.717) is 11.5 Å². The lowest BCUT2D eigenvalue weighted by molar-refractivity contribution is -0.0191. The molecular formula is C13H23ClO. The topological polar surface area (TPSA) is 9.23 Å². The van der Waals surface area contributed by atoms with E-state index in [-0.39, 0.29) is 5.60 Å². The van der Waals surface area contributed by atoms with Crippen LogP contribution >= 0.6 is 11.6 Å². The van der Waals surface area contributed by atoms with Crippen LogP contribution in [-0.2, 0) is 4.74 Å². The predicted octanol–water partition coefficient (Wildman–Crippen LogP) is 4.13. The molecule has 0 radical (unpaired) electrons. The van der Waals surface area contributed by atoms with E-state index in [0.717, 1.165) is 5.92 Å². The van der Waals surface area contributed by atoms with E-state index in [1.807, 2.05) is 0 Å². The number of alkyl halides is 1. The van der Waals surface area contributed by atoms with Crippen molar-refractivity contribution < 1.29 is 4.74 Å². The molecule has 1 aliphatic carbocycles. The summed E-state index contributed by atoms with van der Waals surface area (Å²) in [5.41, 5.74) is 0.127. The van der Waals surface area contributed by atoms with Crippen molar-refractivity contribution in [2.24, 2.45) is 5.92 Å². The van der Waals surface area contributed by atoms with E-state index in [9.17, 15) is 0 Å². The summed E-state index contributed by atoms with van der Waals surface area (Å²) in [6.45, 7) is 4.39. The molecule has 1 saturated carbocycles. The van der Waals surface area contributed by atoms with Crippen molar-refractivity contribution in [3.05, 3.63) is 0 Å². The third kappa shape index (κ3) is 3.64. The number of ether oxygens (including phenoxy) is 1. The lowest BCUT2D eigenvalue weighted by atomic mass is 10.0. The van der Waals surface area contributed by atoms with E-state index in [4.69, 9.17) is 16.3 Å². The minimum atomic E-state index is 0.127. The van der Waals surface area contributed by atoms with E-state index >= 15 is 0 Å². The molecule has 0 N–H and O–H groups in total. The molecule has 1 aliphatic heterocycles. The van der Waals surface area contributed by atoms with Crippen LogP contribution in [0, 0.1) is 5.92 Å². The summed E-state index contributed by atoms with van der Waals surface area (Å²) in [6.07, 6.45) is 9.32. The zero-order chi connectivity index (χ0) is 10.9. The molecule has 2 rings (SSSR count). The fourth-order valence-corrected chi connectivity index (χ4v) is 2.92. The summed E-state index contributed by atoms with van der Waals surface area (Å²) in [6, 6.07) is 0. The van der Waals surface area contributed by atoms with Crippen molar-refractivity contribution in [1.29, 1.82) is 0 Å². The van der Waals surface area contributed by atoms with Gasteiger partial charge in [0.2, 0.25) is 0 Å². The van der Waals surface area contributed by atoms with Crippen LogP contribution in [0.3, 0.4) is 0 Å². The van der Waals surface area contributed by atoms with E-state index in [1.54, 1.807) is 0 Å². The van der Waals surface area contributed by atoms with Gasteiger partial charge in [0.25, 0.3) is 0 Å². The molecule has 2 unspecified atom stereocenters. The van der Waals surface area contributed by atoms with Gasteiger partial charge in [0.05, 0.1) is 11.7 Å². The molecule has 0 spiro atoms. The van der Waals surface area contributed by atoms with Crippen molar-refractivity contribution in [3.8, 4) is 0 Å². The van der Waals surface area contributed by atoms with Gasteiger partial charge in [0.15, 0.2) is 0 Å². The van der Waals surface area contributed by atoms with E-state index in [1.165, 1.54) is 44.9 Å². The van der Waals surface area contributed by atoms with E-state index < -0.39 is 0 Å². The highest BCUT2D eigenvalue weighted by Gasteiger charge is 2.32. The Bertz CT molecular complexity index is 211. The molecule has 2 aliphatic rings. The molecule has 1 saturated heterocycles. The average molecular weight is 231 g/mol. The van der Waals surface area contributed by atoms with Gasteiger partial charge in [-0.3, -0.25) is 0 Å². The van der Waals surface area contributed by atoms with Gasteiger partial charge in [-0.1, -0.05) is 0 Å². The molecule has 0 amide bonds. The first-order valence-corrected chi connectivity index (χ1v) is 6.82. The average Bonchev–Trinajstić information content (AvgIpc) is 2.92. The minimum Gasteiger partial charge on any atom is -0.372 e. The molecule has 0 aromatic rings. The lowest BCUT2D eigenvalue weighted by Gasteiger charge is -2.19. The highest BCUT2D eigenvalue weighted by Crippen LogP contribution is 2.38. The highest BCUT2D eigenvalue weighted by molar-refractivity contribution is 6.20. The molecule has 15 heavy (non-hydrogen) atoms. The number of hydrogen-bond acceptors (Lipinski definition) is 1. The maximum atomic E-state index is 6.28. The molecule has 88 valence electrons. The number of rotatable bonds is 5. The SMILES string of the molecule is CC1(C)CCC(CCCC(Cl)C2CC2)O1. The van der Waals surface area contributed by atoms with Crippen molar-refractivity contribution >= 4 is 11.6 Å². The second-order valence-electron chi connectivity index (χ2n) is 5.82. The molecule has 2 fully saturated rings. The van der Waals surface area contributed by atoms with Crippen LogP contribution in [0.25, 0.3) is 0 Å². The van der Waals surface area contributed by atoms with Crippen LogP contribution in [0.1, 0.15) is 58.8 Å². The maximum Gasteiger partial charge on any atom is 0.0631 e. The van der Waals surface area contributed by atoms with Gasteiger partial charge >= 0.3 is 0 Å². The zero-order valence-electron chi connectivity index (χ0n) is 9.97. The molecule has 0 bridgehead atoms. The van der Waals surface area contributed by atoms with Crippen LogP contribution in [0.5, 0.6) is 0 Å². The summed E-state index contributed by atoms with van der Waals surface area (Å²) in [7, 11) is 0. The molecular weight excluding hydrogens is 208 g/mol. The summed E-state index contributed by atoms with van der Waals surface area (Å²) < 4.78 is 5.96. The van der Waals surface area contributed by atoms with Crippen LogP contribution < -0.4 is 0 Å². The Balaban J connectivity index is 1.58. The third-order valence-corrected chi connectivity index (χ3v) is 4.27. The van der Waals surface area contributed by atoms with Crippen LogP contribution in [0.4, 0.5) is 0 Å². The van der Waals surface area contributed by atoms with Crippen LogP contribution in [0.2, 0.25) is 0 Å². The summed E-state index contributed by atoms with van der Waals surface area (Å²) in [5, 5.41) is 0.444. The fraction of sp³-hybridized carbons (Fsp3) is 1.00. The summed E-state index contributed by atoms with van der Waals surface area (Å²) >= 11 is 6.28. The second-order valence-corrected chi connectivity index (χ2v) is 6.38. The molecule has 1 heterocycles. The molecule has 2 atom stereocenters. The quantitative estimate of drug-likeness (QED) is 0.646. The largest absolute Gasteiger partial charge is 0.372 e. The smallest absolute Gasteiger partial charge is 0.0631 e. The van der Waals surface area contributed by atoms with Gasteiger partial charge in [-0.15, -0.1) is 11.6 Å². The Hall–Kier alpha value is 0.250. The minimum absolute atomic E-state index is 0.127.